The Morgan fingerprint density at radius 3 is 3.08 bits per heavy atom. The maximum atomic E-state index is 12.8. The van der Waals surface area contributed by atoms with Crippen LogP contribution >= 0.6 is 0 Å². The Kier molecular flexibility index (Phi) is 1.04. The average Bonchev–Trinajstić information content (AvgIpc) is 2.57. The highest BCUT2D eigenvalue weighted by Crippen LogP contribution is 2.54. The smallest absolute Gasteiger partial charge is 0.123 e. The standard InChI is InChI=1S/C10H10FN/c11-6-1-2-7-5(3-6)4-8-9(7)10(8)12/h1-3,8-10H,4,12H2/t8-,9-,10+/m0/s1. The lowest BCUT2D eigenvalue weighted by molar-refractivity contribution is 0.624. The van der Waals surface area contributed by atoms with Gasteiger partial charge in [0, 0.05) is 12.0 Å². The minimum Gasteiger partial charge on any atom is -0.327 e. The summed E-state index contributed by atoms with van der Waals surface area (Å²) in [6.45, 7) is 0. The molecule has 1 fully saturated rings. The van der Waals surface area contributed by atoms with Gasteiger partial charge in [-0.3, -0.25) is 0 Å². The van der Waals surface area contributed by atoms with Crippen LogP contribution in [0.4, 0.5) is 4.39 Å². The number of benzene rings is 1. The normalized spacial score (nSPS) is 36.0. The molecular formula is C10H10FN. The van der Waals surface area contributed by atoms with Gasteiger partial charge in [-0.1, -0.05) is 6.07 Å². The predicted molar refractivity (Wildman–Crippen MR) is 44.3 cm³/mol. The summed E-state index contributed by atoms with van der Waals surface area (Å²) in [4.78, 5) is 0. The van der Waals surface area contributed by atoms with Gasteiger partial charge in [-0.05, 0) is 35.6 Å². The second-order valence-corrected chi connectivity index (χ2v) is 3.81. The van der Waals surface area contributed by atoms with Gasteiger partial charge in [-0.15, -0.1) is 0 Å². The van der Waals surface area contributed by atoms with Crippen LogP contribution in [0.15, 0.2) is 18.2 Å². The van der Waals surface area contributed by atoms with Crippen molar-refractivity contribution in [3.63, 3.8) is 0 Å². The summed E-state index contributed by atoms with van der Waals surface area (Å²) >= 11 is 0. The Balaban J connectivity index is 2.11. The fourth-order valence-electron chi connectivity index (χ4n) is 2.43. The van der Waals surface area contributed by atoms with Crippen molar-refractivity contribution >= 4 is 0 Å². The highest BCUT2D eigenvalue weighted by Gasteiger charge is 2.53. The van der Waals surface area contributed by atoms with Gasteiger partial charge in [0.2, 0.25) is 0 Å². The summed E-state index contributed by atoms with van der Waals surface area (Å²) in [5, 5.41) is 0. The molecule has 1 aromatic carbocycles. The van der Waals surface area contributed by atoms with Crippen molar-refractivity contribution in [2.24, 2.45) is 11.7 Å². The molecule has 3 atom stereocenters. The van der Waals surface area contributed by atoms with Crippen LogP contribution in [0.3, 0.4) is 0 Å². The van der Waals surface area contributed by atoms with Gasteiger partial charge in [0.15, 0.2) is 0 Å². The zero-order valence-corrected chi connectivity index (χ0v) is 6.63. The van der Waals surface area contributed by atoms with Crippen molar-refractivity contribution in [3.05, 3.63) is 35.1 Å². The Bertz CT molecular complexity index is 348. The first-order valence-corrected chi connectivity index (χ1v) is 4.31. The Morgan fingerprint density at radius 1 is 1.42 bits per heavy atom. The lowest BCUT2D eigenvalue weighted by Crippen LogP contribution is -2.08. The van der Waals surface area contributed by atoms with E-state index in [0.29, 0.717) is 17.9 Å². The van der Waals surface area contributed by atoms with Crippen LogP contribution < -0.4 is 5.73 Å². The second kappa shape index (κ2) is 1.88. The van der Waals surface area contributed by atoms with Crippen molar-refractivity contribution in [1.82, 2.24) is 0 Å². The van der Waals surface area contributed by atoms with Gasteiger partial charge in [-0.25, -0.2) is 4.39 Å². The van der Waals surface area contributed by atoms with Gasteiger partial charge >= 0.3 is 0 Å². The molecule has 0 amide bonds. The van der Waals surface area contributed by atoms with Gasteiger partial charge in [0.1, 0.15) is 5.82 Å². The van der Waals surface area contributed by atoms with E-state index in [9.17, 15) is 4.39 Å². The van der Waals surface area contributed by atoms with Crippen LogP contribution in [-0.4, -0.2) is 6.04 Å². The van der Waals surface area contributed by atoms with E-state index in [1.54, 1.807) is 6.07 Å². The van der Waals surface area contributed by atoms with Crippen LogP contribution in [0.2, 0.25) is 0 Å². The largest absolute Gasteiger partial charge is 0.327 e. The second-order valence-electron chi connectivity index (χ2n) is 3.81. The first-order valence-electron chi connectivity index (χ1n) is 4.31. The lowest BCUT2D eigenvalue weighted by atomic mass is 10.1. The van der Waals surface area contributed by atoms with E-state index in [1.165, 1.54) is 17.2 Å². The Hall–Kier alpha value is -0.890. The lowest BCUT2D eigenvalue weighted by Gasteiger charge is -2.03. The number of hydrogen-bond acceptors (Lipinski definition) is 1. The topological polar surface area (TPSA) is 26.0 Å². The van der Waals surface area contributed by atoms with Crippen LogP contribution in [0.25, 0.3) is 0 Å². The van der Waals surface area contributed by atoms with E-state index in [2.05, 4.69) is 0 Å². The number of nitrogens with two attached hydrogens (primary N) is 1. The molecule has 62 valence electrons. The number of halogens is 1. The minimum absolute atomic E-state index is 0.122. The summed E-state index contributed by atoms with van der Waals surface area (Å²) in [5.74, 6) is 1.03. The molecule has 1 aromatic rings. The van der Waals surface area contributed by atoms with Gasteiger partial charge in [-0.2, -0.15) is 0 Å². The first-order chi connectivity index (χ1) is 5.77. The van der Waals surface area contributed by atoms with Gasteiger partial charge in [0.05, 0.1) is 0 Å². The highest BCUT2D eigenvalue weighted by molar-refractivity contribution is 5.44. The van der Waals surface area contributed by atoms with Crippen LogP contribution in [0.5, 0.6) is 0 Å². The molecule has 0 bridgehead atoms. The molecule has 0 radical (unpaired) electrons. The molecule has 2 aliphatic carbocycles. The van der Waals surface area contributed by atoms with Crippen molar-refractivity contribution in [2.75, 3.05) is 0 Å². The summed E-state index contributed by atoms with van der Waals surface area (Å²) in [6, 6.07) is 5.42. The maximum Gasteiger partial charge on any atom is 0.123 e. The third kappa shape index (κ3) is 0.661. The Labute approximate surface area is 70.4 Å². The summed E-state index contributed by atoms with van der Waals surface area (Å²) in [5.41, 5.74) is 8.29. The molecule has 0 saturated heterocycles. The summed E-state index contributed by atoms with van der Waals surface area (Å²) < 4.78 is 12.8. The Morgan fingerprint density at radius 2 is 2.25 bits per heavy atom. The van der Waals surface area contributed by atoms with Crippen LogP contribution in [0.1, 0.15) is 17.0 Å². The van der Waals surface area contributed by atoms with E-state index >= 15 is 0 Å². The third-order valence-electron chi connectivity index (χ3n) is 3.15. The maximum absolute atomic E-state index is 12.8. The molecular weight excluding hydrogens is 153 g/mol. The van der Waals surface area contributed by atoms with E-state index in [1.807, 2.05) is 6.07 Å². The van der Waals surface area contributed by atoms with E-state index in [0.717, 1.165) is 6.42 Å². The number of hydrogen-bond donors (Lipinski definition) is 1. The fraction of sp³-hybridized carbons (Fsp3) is 0.400. The molecule has 2 heteroatoms. The van der Waals surface area contributed by atoms with Crippen molar-refractivity contribution in [3.8, 4) is 0 Å². The van der Waals surface area contributed by atoms with Crippen LogP contribution in [-0.2, 0) is 6.42 Å². The first kappa shape index (κ1) is 6.61. The van der Waals surface area contributed by atoms with E-state index < -0.39 is 0 Å². The van der Waals surface area contributed by atoms with Crippen molar-refractivity contribution < 1.29 is 4.39 Å². The molecule has 0 aromatic heterocycles. The SMILES string of the molecule is N[C@@H]1[C@H]2Cc3cc(F)ccc3[C@H]12. The fourth-order valence-corrected chi connectivity index (χ4v) is 2.43. The molecule has 0 heterocycles. The number of rotatable bonds is 0. The van der Waals surface area contributed by atoms with E-state index in [-0.39, 0.29) is 5.82 Å². The summed E-state index contributed by atoms with van der Waals surface area (Å²) in [7, 11) is 0. The molecule has 12 heavy (non-hydrogen) atoms. The predicted octanol–water partition coefficient (Wildman–Crippen LogP) is 1.42. The minimum atomic E-state index is -0.122. The molecule has 0 aliphatic heterocycles. The third-order valence-corrected chi connectivity index (χ3v) is 3.15. The zero-order chi connectivity index (χ0) is 8.29. The van der Waals surface area contributed by atoms with E-state index in [4.69, 9.17) is 5.73 Å². The molecule has 3 rings (SSSR count). The highest BCUT2D eigenvalue weighted by atomic mass is 19.1. The quantitative estimate of drug-likeness (QED) is 0.615. The van der Waals surface area contributed by atoms with Crippen molar-refractivity contribution in [1.29, 1.82) is 0 Å². The number of fused-ring (bicyclic) bond motifs is 3. The molecule has 1 nitrogen and oxygen atoms in total. The molecule has 2 N–H and O–H groups in total. The van der Waals surface area contributed by atoms with Gasteiger partial charge < -0.3 is 5.73 Å². The van der Waals surface area contributed by atoms with Gasteiger partial charge in [0.25, 0.3) is 0 Å². The molecule has 1 saturated carbocycles. The summed E-state index contributed by atoms with van der Waals surface area (Å²) in [6.07, 6.45) is 0.985. The van der Waals surface area contributed by atoms with Crippen LogP contribution in [0, 0.1) is 11.7 Å². The zero-order valence-electron chi connectivity index (χ0n) is 6.63. The molecule has 0 spiro atoms. The monoisotopic (exact) mass is 163 g/mol. The van der Waals surface area contributed by atoms with Crippen molar-refractivity contribution in [2.45, 2.75) is 18.4 Å². The molecule has 2 aliphatic rings. The average molecular weight is 163 g/mol. The molecule has 0 unspecified atom stereocenters.